The summed E-state index contributed by atoms with van der Waals surface area (Å²) in [6, 6.07) is 14.1. The quantitative estimate of drug-likeness (QED) is 0.373. The molecular weight excluding hydrogens is 480 g/mol. The number of carbonyl (C=O) groups is 2. The first-order valence-electron chi connectivity index (χ1n) is 13.7. The third-order valence-corrected chi connectivity index (χ3v) is 7.46. The van der Waals surface area contributed by atoms with Gasteiger partial charge in [0, 0.05) is 30.2 Å². The van der Waals surface area contributed by atoms with Crippen molar-refractivity contribution in [2.24, 2.45) is 5.92 Å². The zero-order chi connectivity index (χ0) is 26.5. The molecule has 1 saturated heterocycles. The predicted molar refractivity (Wildman–Crippen MR) is 150 cm³/mol. The monoisotopic (exact) mass is 516 g/mol. The van der Waals surface area contributed by atoms with E-state index in [9.17, 15) is 9.59 Å². The van der Waals surface area contributed by atoms with E-state index in [0.717, 1.165) is 53.5 Å². The third kappa shape index (κ3) is 5.98. The van der Waals surface area contributed by atoms with Crippen LogP contribution in [0.3, 0.4) is 0 Å². The molecule has 2 fully saturated rings. The van der Waals surface area contributed by atoms with Crippen molar-refractivity contribution in [1.82, 2.24) is 14.9 Å². The maximum absolute atomic E-state index is 12.9. The van der Waals surface area contributed by atoms with E-state index in [0.29, 0.717) is 31.4 Å². The Hall–Kier alpha value is -3.88. The second-order valence-electron chi connectivity index (χ2n) is 10.2. The van der Waals surface area contributed by atoms with E-state index in [-0.39, 0.29) is 23.9 Å². The molecule has 1 aliphatic heterocycles. The lowest BCUT2D eigenvalue weighted by Gasteiger charge is -2.31. The average molecular weight is 517 g/mol. The SMILES string of the molecule is CCOC(=O)C1CCCN(C(=O)Nc2ccc(-c3ccc4nc(N)nc(NC5CCCCC5)c4c3)cc2)C1. The Balaban J connectivity index is 1.29. The Morgan fingerprint density at radius 1 is 1.00 bits per heavy atom. The second-order valence-corrected chi connectivity index (χ2v) is 10.2. The van der Waals surface area contributed by atoms with Crippen molar-refractivity contribution in [1.29, 1.82) is 0 Å². The molecule has 200 valence electrons. The predicted octanol–water partition coefficient (Wildman–Crippen LogP) is 5.43. The molecular formula is C29H36N6O3. The van der Waals surface area contributed by atoms with Crippen molar-refractivity contribution in [3.8, 4) is 11.1 Å². The zero-order valence-corrected chi connectivity index (χ0v) is 21.9. The van der Waals surface area contributed by atoms with Crippen molar-refractivity contribution >= 4 is 40.4 Å². The van der Waals surface area contributed by atoms with Crippen LogP contribution in [0, 0.1) is 5.92 Å². The summed E-state index contributed by atoms with van der Waals surface area (Å²) in [5, 5.41) is 7.52. The van der Waals surface area contributed by atoms with Crippen molar-refractivity contribution in [3.05, 3.63) is 42.5 Å². The lowest BCUT2D eigenvalue weighted by atomic mass is 9.95. The molecule has 9 heteroatoms. The van der Waals surface area contributed by atoms with Gasteiger partial charge < -0.3 is 26.0 Å². The standard InChI is InChI=1S/C29H36N6O3/c1-2-38-27(36)21-7-6-16-35(18-21)29(37)32-23-13-10-19(11-14-23)20-12-15-25-24(17-20)26(34-28(30)33-25)31-22-8-4-3-5-9-22/h10-15,17,21-22H,2-9,16,18H2,1H3,(H,32,37)(H3,30,31,33,34). The Kier molecular flexibility index (Phi) is 7.91. The Morgan fingerprint density at radius 2 is 1.76 bits per heavy atom. The number of anilines is 3. The number of nitrogens with zero attached hydrogens (tertiary/aromatic N) is 3. The van der Waals surface area contributed by atoms with Crippen LogP contribution in [0.15, 0.2) is 42.5 Å². The number of ether oxygens (including phenoxy) is 1. The van der Waals surface area contributed by atoms with Crippen molar-refractivity contribution in [2.75, 3.05) is 36.1 Å². The van der Waals surface area contributed by atoms with Gasteiger partial charge in [-0.2, -0.15) is 4.98 Å². The molecule has 2 amide bonds. The minimum atomic E-state index is -0.262. The van der Waals surface area contributed by atoms with Crippen LogP contribution in [0.1, 0.15) is 51.9 Å². The highest BCUT2D eigenvalue weighted by atomic mass is 16.5. The first kappa shape index (κ1) is 25.8. The van der Waals surface area contributed by atoms with Crippen LogP contribution in [0.25, 0.3) is 22.0 Å². The molecule has 38 heavy (non-hydrogen) atoms. The van der Waals surface area contributed by atoms with Gasteiger partial charge in [-0.15, -0.1) is 0 Å². The average Bonchev–Trinajstić information content (AvgIpc) is 2.94. The molecule has 5 rings (SSSR count). The smallest absolute Gasteiger partial charge is 0.321 e. The Labute approximate surface area is 223 Å². The van der Waals surface area contributed by atoms with Gasteiger partial charge in [0.1, 0.15) is 5.82 Å². The number of aromatic nitrogens is 2. The number of nitrogens with two attached hydrogens (primary N) is 1. The number of piperidine rings is 1. The van der Waals surface area contributed by atoms with Gasteiger partial charge in [0.05, 0.1) is 18.0 Å². The number of likely N-dealkylation sites (tertiary alicyclic amines) is 1. The van der Waals surface area contributed by atoms with Crippen LogP contribution < -0.4 is 16.4 Å². The van der Waals surface area contributed by atoms with E-state index in [1.54, 1.807) is 11.8 Å². The molecule has 2 aliphatic rings. The number of hydrogen-bond donors (Lipinski definition) is 3. The normalized spacial score (nSPS) is 18.2. The molecule has 2 heterocycles. The number of nitrogens with one attached hydrogen (secondary N) is 2. The maximum Gasteiger partial charge on any atom is 0.321 e. The fraction of sp³-hybridized carbons (Fsp3) is 0.448. The fourth-order valence-electron chi connectivity index (χ4n) is 5.44. The molecule has 2 aromatic carbocycles. The molecule has 9 nitrogen and oxygen atoms in total. The van der Waals surface area contributed by atoms with Crippen molar-refractivity contribution in [3.63, 3.8) is 0 Å². The highest BCUT2D eigenvalue weighted by molar-refractivity contribution is 5.94. The molecule has 1 aromatic heterocycles. The minimum Gasteiger partial charge on any atom is -0.466 e. The molecule has 0 spiro atoms. The van der Waals surface area contributed by atoms with Crippen molar-refractivity contribution < 1.29 is 14.3 Å². The number of carbonyl (C=O) groups excluding carboxylic acids is 2. The molecule has 1 atom stereocenters. The number of esters is 1. The summed E-state index contributed by atoms with van der Waals surface area (Å²) in [6.07, 6.45) is 7.56. The zero-order valence-electron chi connectivity index (χ0n) is 21.9. The van der Waals surface area contributed by atoms with Gasteiger partial charge in [0.2, 0.25) is 5.95 Å². The summed E-state index contributed by atoms with van der Waals surface area (Å²) >= 11 is 0. The van der Waals surface area contributed by atoms with Gasteiger partial charge in [0.25, 0.3) is 0 Å². The van der Waals surface area contributed by atoms with Gasteiger partial charge in [-0.25, -0.2) is 9.78 Å². The highest BCUT2D eigenvalue weighted by Gasteiger charge is 2.29. The molecule has 0 radical (unpaired) electrons. The summed E-state index contributed by atoms with van der Waals surface area (Å²) in [7, 11) is 0. The van der Waals surface area contributed by atoms with Crippen LogP contribution >= 0.6 is 0 Å². The molecule has 1 aliphatic carbocycles. The van der Waals surface area contributed by atoms with E-state index >= 15 is 0 Å². The largest absolute Gasteiger partial charge is 0.466 e. The van der Waals surface area contributed by atoms with Crippen molar-refractivity contribution in [2.45, 2.75) is 57.9 Å². The first-order chi connectivity index (χ1) is 18.5. The number of benzene rings is 2. The number of hydrogen-bond acceptors (Lipinski definition) is 7. The second kappa shape index (κ2) is 11.7. The third-order valence-electron chi connectivity index (χ3n) is 7.46. The van der Waals surface area contributed by atoms with Crippen LogP contribution in [0.2, 0.25) is 0 Å². The number of nitrogen functional groups attached to an aromatic ring is 1. The number of amides is 2. The van der Waals surface area contributed by atoms with E-state index in [2.05, 4.69) is 26.7 Å². The van der Waals surface area contributed by atoms with E-state index in [4.69, 9.17) is 10.5 Å². The first-order valence-corrected chi connectivity index (χ1v) is 13.7. The topological polar surface area (TPSA) is 122 Å². The fourth-order valence-corrected chi connectivity index (χ4v) is 5.44. The van der Waals surface area contributed by atoms with Crippen LogP contribution in [0.4, 0.5) is 22.2 Å². The lowest BCUT2D eigenvalue weighted by Crippen LogP contribution is -2.44. The molecule has 3 aromatic rings. The summed E-state index contributed by atoms with van der Waals surface area (Å²) in [6.45, 7) is 3.15. The summed E-state index contributed by atoms with van der Waals surface area (Å²) in [5.41, 5.74) is 9.57. The molecule has 0 bridgehead atoms. The minimum absolute atomic E-state index is 0.203. The maximum atomic E-state index is 12.9. The number of fused-ring (bicyclic) bond motifs is 1. The number of rotatable bonds is 6. The van der Waals surface area contributed by atoms with Crippen LogP contribution in [-0.4, -0.2) is 52.6 Å². The van der Waals surface area contributed by atoms with Gasteiger partial charge in [-0.3, -0.25) is 4.79 Å². The van der Waals surface area contributed by atoms with Crippen LogP contribution in [-0.2, 0) is 9.53 Å². The van der Waals surface area contributed by atoms with E-state index < -0.39 is 0 Å². The Morgan fingerprint density at radius 3 is 2.53 bits per heavy atom. The molecule has 1 saturated carbocycles. The van der Waals surface area contributed by atoms with Gasteiger partial charge >= 0.3 is 12.0 Å². The summed E-state index contributed by atoms with van der Waals surface area (Å²) in [4.78, 5) is 35.6. The Bertz CT molecular complexity index is 1290. The van der Waals surface area contributed by atoms with E-state index in [1.165, 1.54) is 19.3 Å². The van der Waals surface area contributed by atoms with Gasteiger partial charge in [0.15, 0.2) is 0 Å². The number of urea groups is 1. The van der Waals surface area contributed by atoms with Gasteiger partial charge in [-0.1, -0.05) is 37.5 Å². The molecule has 1 unspecified atom stereocenters. The highest BCUT2D eigenvalue weighted by Crippen LogP contribution is 2.31. The van der Waals surface area contributed by atoms with Gasteiger partial charge in [-0.05, 0) is 68.0 Å². The van der Waals surface area contributed by atoms with E-state index in [1.807, 2.05) is 36.4 Å². The molecule has 4 N–H and O–H groups in total. The lowest BCUT2D eigenvalue weighted by molar-refractivity contribution is -0.149. The summed E-state index contributed by atoms with van der Waals surface area (Å²) in [5.74, 6) is 0.565. The summed E-state index contributed by atoms with van der Waals surface area (Å²) < 4.78 is 5.15. The van der Waals surface area contributed by atoms with Crippen LogP contribution in [0.5, 0.6) is 0 Å².